The molecule has 2 aromatic carbocycles. The second kappa shape index (κ2) is 12.2. The van der Waals surface area contributed by atoms with Crippen LogP contribution < -0.4 is 14.4 Å². The molecule has 8 nitrogen and oxygen atoms in total. The fourth-order valence-corrected chi connectivity index (χ4v) is 7.21. The fraction of sp³-hybridized carbons (Fsp3) is 0.517. The number of nitrogens with zero attached hydrogens (tertiary/aromatic N) is 2. The number of nitrogens with one attached hydrogen (secondary N) is 1. The van der Waals surface area contributed by atoms with Gasteiger partial charge in [-0.15, -0.1) is 0 Å². The summed E-state index contributed by atoms with van der Waals surface area (Å²) < 4.78 is 33.8. The highest BCUT2D eigenvalue weighted by Crippen LogP contribution is 2.40. The number of amides is 1. The number of aryl methyl sites for hydroxylation is 1. The third kappa shape index (κ3) is 6.69. The van der Waals surface area contributed by atoms with E-state index >= 15 is 0 Å². The molecule has 0 spiro atoms. The maximum Gasteiger partial charge on any atom is 0.264 e. The first kappa shape index (κ1) is 27.8. The van der Waals surface area contributed by atoms with Crippen LogP contribution in [0.5, 0.6) is 5.75 Å². The van der Waals surface area contributed by atoms with Crippen LogP contribution in [0.3, 0.4) is 0 Å². The molecule has 0 unspecified atom stereocenters. The standard InChI is InChI=1S/C29H36ClN3O5S/c30-24-11-8-23-19-38-28-13-10-21-17-27(28)33(14-4-3-6-20(23)16-24)18-22-9-12-25(22)26(31-35)7-2-1-5-15-39(36,37)32-29(21)34/h8,10-11,13,16-17,22,25,35H,1-7,9,12,14-15,18-19H2,(H,32,34)/b31-26+/t22-,25+/m0/s1. The van der Waals surface area contributed by atoms with Gasteiger partial charge in [0.2, 0.25) is 10.0 Å². The smallest absolute Gasteiger partial charge is 0.264 e. The molecular weight excluding hydrogens is 538 g/mol. The summed E-state index contributed by atoms with van der Waals surface area (Å²) in [5, 5.41) is 14.2. The molecule has 210 valence electrons. The Labute approximate surface area is 235 Å². The quantitative estimate of drug-likeness (QED) is 0.316. The van der Waals surface area contributed by atoms with E-state index in [1.54, 1.807) is 18.2 Å². The minimum Gasteiger partial charge on any atom is -0.487 e. The molecule has 10 heteroatoms. The van der Waals surface area contributed by atoms with Crippen molar-refractivity contribution in [1.82, 2.24) is 4.72 Å². The first-order valence-corrected chi connectivity index (χ1v) is 15.9. The molecule has 1 saturated carbocycles. The number of oxime groups is 1. The van der Waals surface area contributed by atoms with Crippen LogP contribution in [0.15, 0.2) is 41.6 Å². The summed E-state index contributed by atoms with van der Waals surface area (Å²) in [6.45, 7) is 1.85. The van der Waals surface area contributed by atoms with Crippen LogP contribution in [0.2, 0.25) is 5.02 Å². The van der Waals surface area contributed by atoms with Crippen molar-refractivity contribution in [3.05, 3.63) is 58.1 Å². The molecule has 2 heterocycles. The molecule has 3 aliphatic rings. The normalized spacial score (nSPS) is 25.2. The predicted octanol–water partition coefficient (Wildman–Crippen LogP) is 5.55. The summed E-state index contributed by atoms with van der Waals surface area (Å²) in [5.41, 5.74) is 4.11. The topological polar surface area (TPSA) is 108 Å². The largest absolute Gasteiger partial charge is 0.487 e. The van der Waals surface area contributed by atoms with Gasteiger partial charge in [-0.25, -0.2) is 13.1 Å². The van der Waals surface area contributed by atoms with Crippen molar-refractivity contribution < 1.29 is 23.2 Å². The van der Waals surface area contributed by atoms with Crippen molar-refractivity contribution in [1.29, 1.82) is 0 Å². The van der Waals surface area contributed by atoms with Crippen LogP contribution >= 0.6 is 11.6 Å². The Kier molecular flexibility index (Phi) is 8.67. The van der Waals surface area contributed by atoms with Crippen molar-refractivity contribution in [3.63, 3.8) is 0 Å². The van der Waals surface area contributed by atoms with Crippen molar-refractivity contribution in [3.8, 4) is 5.75 Å². The Hall–Kier alpha value is -2.78. The molecule has 0 aromatic heterocycles. The van der Waals surface area contributed by atoms with Gasteiger partial charge in [-0.2, -0.15) is 0 Å². The van der Waals surface area contributed by atoms with Gasteiger partial charge in [0.25, 0.3) is 5.91 Å². The van der Waals surface area contributed by atoms with Crippen LogP contribution in [0, 0.1) is 11.8 Å². The Morgan fingerprint density at radius 2 is 1.85 bits per heavy atom. The minimum atomic E-state index is -3.77. The number of hydrogen-bond donors (Lipinski definition) is 2. The lowest BCUT2D eigenvalue weighted by Gasteiger charge is -2.41. The minimum absolute atomic E-state index is 0.125. The average molecular weight is 574 g/mol. The summed E-state index contributed by atoms with van der Waals surface area (Å²) in [5.74, 6) is 0.420. The van der Waals surface area contributed by atoms with Gasteiger partial charge in [0.1, 0.15) is 12.4 Å². The molecule has 2 aromatic rings. The van der Waals surface area contributed by atoms with Gasteiger partial charge in [-0.05, 0) is 98.7 Å². The van der Waals surface area contributed by atoms with Crippen LogP contribution in [0.4, 0.5) is 5.69 Å². The number of fused-ring (bicyclic) bond motifs is 3. The summed E-state index contributed by atoms with van der Waals surface area (Å²) in [7, 11) is -3.77. The van der Waals surface area contributed by atoms with E-state index in [2.05, 4.69) is 14.8 Å². The number of ether oxygens (including phenoxy) is 1. The number of anilines is 1. The zero-order valence-electron chi connectivity index (χ0n) is 22.1. The number of rotatable bonds is 0. The number of sulfonamides is 1. The van der Waals surface area contributed by atoms with Crippen LogP contribution in [0.1, 0.15) is 72.9 Å². The summed E-state index contributed by atoms with van der Waals surface area (Å²) in [6.07, 6.45) is 7.32. The van der Waals surface area contributed by atoms with Gasteiger partial charge >= 0.3 is 0 Å². The summed E-state index contributed by atoms with van der Waals surface area (Å²) in [4.78, 5) is 15.3. The Bertz CT molecular complexity index is 1350. The Morgan fingerprint density at radius 1 is 1.00 bits per heavy atom. The first-order chi connectivity index (χ1) is 18.8. The molecule has 5 rings (SSSR count). The van der Waals surface area contributed by atoms with Crippen LogP contribution in [-0.4, -0.2) is 44.1 Å². The highest BCUT2D eigenvalue weighted by Gasteiger charge is 2.36. The van der Waals surface area contributed by atoms with Gasteiger partial charge in [0, 0.05) is 29.6 Å². The fourth-order valence-electron chi connectivity index (χ4n) is 5.92. The van der Waals surface area contributed by atoms with Crippen molar-refractivity contribution in [2.45, 2.75) is 64.4 Å². The van der Waals surface area contributed by atoms with E-state index in [0.29, 0.717) is 42.6 Å². The van der Waals surface area contributed by atoms with Crippen LogP contribution in [-0.2, 0) is 23.1 Å². The number of carbonyl (C=O) groups excluding carboxylic acids is 1. The average Bonchev–Trinajstić information content (AvgIpc) is 2.92. The highest BCUT2D eigenvalue weighted by atomic mass is 35.5. The van der Waals surface area contributed by atoms with Crippen molar-refractivity contribution >= 4 is 38.9 Å². The molecule has 1 fully saturated rings. The van der Waals surface area contributed by atoms with Gasteiger partial charge in [-0.1, -0.05) is 29.2 Å². The summed E-state index contributed by atoms with van der Waals surface area (Å²) in [6, 6.07) is 11.0. The maximum atomic E-state index is 13.0. The van der Waals surface area contributed by atoms with E-state index in [1.807, 2.05) is 18.2 Å². The Balaban J connectivity index is 1.52. The second-order valence-corrected chi connectivity index (χ2v) is 13.2. The molecule has 0 saturated heterocycles. The predicted molar refractivity (Wildman–Crippen MR) is 153 cm³/mol. The lowest BCUT2D eigenvalue weighted by molar-refractivity contribution is 0.0981. The van der Waals surface area contributed by atoms with Gasteiger partial charge in [0.05, 0.1) is 17.2 Å². The van der Waals surface area contributed by atoms with Crippen molar-refractivity contribution in [2.24, 2.45) is 17.0 Å². The van der Waals surface area contributed by atoms with E-state index in [0.717, 1.165) is 68.6 Å². The number of benzene rings is 2. The van der Waals surface area contributed by atoms with Crippen molar-refractivity contribution in [2.75, 3.05) is 23.7 Å². The van der Waals surface area contributed by atoms with Crippen LogP contribution in [0.25, 0.3) is 0 Å². The van der Waals surface area contributed by atoms with Gasteiger partial charge < -0.3 is 14.8 Å². The lowest BCUT2D eigenvalue weighted by atomic mass is 9.69. The molecule has 2 atom stereocenters. The second-order valence-electron chi connectivity index (χ2n) is 10.9. The molecule has 1 aliphatic carbocycles. The zero-order chi connectivity index (χ0) is 27.4. The number of halogens is 1. The number of hydrogen-bond acceptors (Lipinski definition) is 7. The molecule has 39 heavy (non-hydrogen) atoms. The lowest BCUT2D eigenvalue weighted by Crippen LogP contribution is -2.42. The molecular formula is C29H36ClN3O5S. The van der Waals surface area contributed by atoms with E-state index in [9.17, 15) is 18.4 Å². The van der Waals surface area contributed by atoms with Gasteiger partial charge in [-0.3, -0.25) is 4.79 Å². The number of carbonyl (C=O) groups is 1. The maximum absolute atomic E-state index is 13.0. The van der Waals surface area contributed by atoms with E-state index < -0.39 is 15.9 Å². The SMILES string of the molecule is O=C1NS(=O)(=O)CCCCC/C(=N\O)[C@@H]2CC[C@H]2CN2CCCCc3cc(Cl)ccc3COc3ccc1cc32. The molecule has 0 radical (unpaired) electrons. The third-order valence-corrected chi connectivity index (χ3v) is 9.82. The molecule has 1 amide bonds. The first-order valence-electron chi connectivity index (χ1n) is 13.9. The summed E-state index contributed by atoms with van der Waals surface area (Å²) >= 11 is 6.28. The van der Waals surface area contributed by atoms with Gasteiger partial charge in [0.15, 0.2) is 0 Å². The molecule has 2 bridgehead atoms. The zero-order valence-corrected chi connectivity index (χ0v) is 23.6. The van der Waals surface area contributed by atoms with E-state index in [-0.39, 0.29) is 17.2 Å². The van der Waals surface area contributed by atoms with E-state index in [1.165, 1.54) is 5.56 Å². The monoisotopic (exact) mass is 573 g/mol. The van der Waals surface area contributed by atoms with E-state index in [4.69, 9.17) is 16.3 Å². The molecule has 2 N–H and O–H groups in total. The third-order valence-electron chi connectivity index (χ3n) is 8.26. The Morgan fingerprint density at radius 3 is 2.64 bits per heavy atom. The molecule has 2 aliphatic heterocycles. The highest BCUT2D eigenvalue weighted by molar-refractivity contribution is 7.90.